The molecule has 0 amide bonds. The van der Waals surface area contributed by atoms with Gasteiger partial charge in [-0.2, -0.15) is 0 Å². The van der Waals surface area contributed by atoms with E-state index in [1.54, 1.807) is 12.1 Å². The van der Waals surface area contributed by atoms with Gasteiger partial charge in [-0.05, 0) is 24.6 Å². The van der Waals surface area contributed by atoms with Crippen LogP contribution in [0.5, 0.6) is 0 Å². The summed E-state index contributed by atoms with van der Waals surface area (Å²) in [5.41, 5.74) is 0.865. The predicted molar refractivity (Wildman–Crippen MR) is 57.1 cm³/mol. The molecule has 0 saturated carbocycles. The molecule has 0 aliphatic carbocycles. The lowest BCUT2D eigenvalue weighted by Gasteiger charge is -2.11. The highest BCUT2D eigenvalue weighted by Gasteiger charge is 2.17. The predicted octanol–water partition coefficient (Wildman–Crippen LogP) is 1.90. The molecule has 0 bridgehead atoms. The Hall–Kier alpha value is -0.580. The molecule has 0 fully saturated rings. The van der Waals surface area contributed by atoms with E-state index in [1.807, 2.05) is 6.92 Å². The smallest absolute Gasteiger partial charge is 0.207 e. The van der Waals surface area contributed by atoms with Gasteiger partial charge in [0.2, 0.25) is 10.0 Å². The van der Waals surface area contributed by atoms with Gasteiger partial charge in [-0.1, -0.05) is 17.7 Å². The van der Waals surface area contributed by atoms with Crippen molar-refractivity contribution in [2.45, 2.75) is 11.8 Å². The highest BCUT2D eigenvalue weighted by atomic mass is 35.5. The van der Waals surface area contributed by atoms with Crippen molar-refractivity contribution < 1.29 is 8.42 Å². The number of benzene rings is 1. The highest BCUT2D eigenvalue weighted by Crippen LogP contribution is 2.21. The zero-order valence-electron chi connectivity index (χ0n) is 8.28. The maximum atomic E-state index is 11.7. The molecule has 1 aromatic carbocycles. The van der Waals surface area contributed by atoms with Crippen molar-refractivity contribution >= 4 is 21.6 Å². The summed E-state index contributed by atoms with van der Waals surface area (Å²) >= 11 is 5.84. The molecule has 0 aromatic heterocycles. The molecule has 5 heteroatoms. The molecule has 0 spiro atoms. The highest BCUT2D eigenvalue weighted by molar-refractivity contribution is 7.89. The SMILES string of the molecule is Cc1ccc(S(=O)(=O)N(C)C)cc1Cl. The van der Waals surface area contributed by atoms with Crippen molar-refractivity contribution in [3.05, 3.63) is 28.8 Å². The molecule has 1 aromatic rings. The van der Waals surface area contributed by atoms with Crippen molar-refractivity contribution in [2.24, 2.45) is 0 Å². The van der Waals surface area contributed by atoms with Gasteiger partial charge in [0, 0.05) is 19.1 Å². The summed E-state index contributed by atoms with van der Waals surface area (Å²) < 4.78 is 24.5. The largest absolute Gasteiger partial charge is 0.242 e. The van der Waals surface area contributed by atoms with Crippen molar-refractivity contribution in [3.8, 4) is 0 Å². The summed E-state index contributed by atoms with van der Waals surface area (Å²) in [5, 5.41) is 0.466. The first kappa shape index (κ1) is 11.5. The van der Waals surface area contributed by atoms with Crippen LogP contribution in [-0.2, 0) is 10.0 Å². The topological polar surface area (TPSA) is 37.4 Å². The number of halogens is 1. The first-order chi connectivity index (χ1) is 6.35. The number of nitrogens with zero attached hydrogens (tertiary/aromatic N) is 1. The third-order valence-corrected chi connectivity index (χ3v) is 4.14. The van der Waals surface area contributed by atoms with Crippen LogP contribution in [-0.4, -0.2) is 26.8 Å². The van der Waals surface area contributed by atoms with Crippen molar-refractivity contribution in [3.63, 3.8) is 0 Å². The van der Waals surface area contributed by atoms with Gasteiger partial charge in [0.05, 0.1) is 4.90 Å². The molecule has 14 heavy (non-hydrogen) atoms. The van der Waals surface area contributed by atoms with E-state index in [0.29, 0.717) is 5.02 Å². The fourth-order valence-electron chi connectivity index (χ4n) is 0.945. The maximum Gasteiger partial charge on any atom is 0.242 e. The monoisotopic (exact) mass is 233 g/mol. The van der Waals surface area contributed by atoms with Gasteiger partial charge in [-0.15, -0.1) is 0 Å². The molecule has 0 radical (unpaired) electrons. The Morgan fingerprint density at radius 2 is 1.86 bits per heavy atom. The summed E-state index contributed by atoms with van der Waals surface area (Å²) in [4.78, 5) is 0.220. The second-order valence-electron chi connectivity index (χ2n) is 3.20. The van der Waals surface area contributed by atoms with Gasteiger partial charge in [-0.25, -0.2) is 12.7 Å². The standard InChI is InChI=1S/C9H12ClNO2S/c1-7-4-5-8(6-9(7)10)14(12,13)11(2)3/h4-6H,1-3H3. The molecular formula is C9H12ClNO2S. The average molecular weight is 234 g/mol. The van der Waals surface area contributed by atoms with Crippen LogP contribution in [0.15, 0.2) is 23.1 Å². The summed E-state index contributed by atoms with van der Waals surface area (Å²) in [6.07, 6.45) is 0. The number of hydrogen-bond donors (Lipinski definition) is 0. The van der Waals surface area contributed by atoms with Crippen LogP contribution in [0.25, 0.3) is 0 Å². The normalized spacial score (nSPS) is 12.1. The fourth-order valence-corrected chi connectivity index (χ4v) is 2.12. The van der Waals surface area contributed by atoms with Crippen LogP contribution in [0.3, 0.4) is 0 Å². The average Bonchev–Trinajstić information content (AvgIpc) is 2.09. The Morgan fingerprint density at radius 1 is 1.29 bits per heavy atom. The van der Waals surface area contributed by atoms with Gasteiger partial charge in [0.1, 0.15) is 0 Å². The van der Waals surface area contributed by atoms with E-state index in [9.17, 15) is 8.42 Å². The third kappa shape index (κ3) is 2.08. The van der Waals surface area contributed by atoms with Crippen LogP contribution in [0.4, 0.5) is 0 Å². The van der Waals surface area contributed by atoms with Crippen molar-refractivity contribution in [2.75, 3.05) is 14.1 Å². The summed E-state index contributed by atoms with van der Waals surface area (Å²) in [5.74, 6) is 0. The number of hydrogen-bond acceptors (Lipinski definition) is 2. The van der Waals surface area contributed by atoms with Gasteiger partial charge >= 0.3 is 0 Å². The van der Waals surface area contributed by atoms with E-state index in [1.165, 1.54) is 20.2 Å². The maximum absolute atomic E-state index is 11.7. The number of rotatable bonds is 2. The Kier molecular flexibility index (Phi) is 3.19. The quantitative estimate of drug-likeness (QED) is 0.783. The second-order valence-corrected chi connectivity index (χ2v) is 5.76. The van der Waals surface area contributed by atoms with Crippen LogP contribution >= 0.6 is 11.6 Å². The van der Waals surface area contributed by atoms with Gasteiger partial charge in [0.15, 0.2) is 0 Å². The van der Waals surface area contributed by atoms with Crippen LogP contribution in [0.2, 0.25) is 5.02 Å². The van der Waals surface area contributed by atoms with Crippen LogP contribution in [0.1, 0.15) is 5.56 Å². The fraction of sp³-hybridized carbons (Fsp3) is 0.333. The van der Waals surface area contributed by atoms with Gasteiger partial charge in [0.25, 0.3) is 0 Å². The van der Waals surface area contributed by atoms with Gasteiger partial charge in [-0.3, -0.25) is 0 Å². The third-order valence-electron chi connectivity index (χ3n) is 1.92. The van der Waals surface area contributed by atoms with E-state index in [0.717, 1.165) is 9.87 Å². The first-order valence-corrected chi connectivity index (χ1v) is 5.86. The molecule has 0 saturated heterocycles. The molecule has 3 nitrogen and oxygen atoms in total. The minimum Gasteiger partial charge on any atom is -0.207 e. The van der Waals surface area contributed by atoms with E-state index in [-0.39, 0.29) is 4.90 Å². The molecule has 0 aliphatic rings. The van der Waals surface area contributed by atoms with Crippen LogP contribution < -0.4 is 0 Å². The van der Waals surface area contributed by atoms with Gasteiger partial charge < -0.3 is 0 Å². The summed E-state index contributed by atoms with van der Waals surface area (Å²) in [6.45, 7) is 1.83. The number of sulfonamides is 1. The molecule has 1 rings (SSSR count). The van der Waals surface area contributed by atoms with Crippen LogP contribution in [0, 0.1) is 6.92 Å². The summed E-state index contributed by atoms with van der Waals surface area (Å²) in [7, 11) is -0.389. The van der Waals surface area contributed by atoms with Crippen molar-refractivity contribution in [1.82, 2.24) is 4.31 Å². The minimum absolute atomic E-state index is 0.220. The Morgan fingerprint density at radius 3 is 2.29 bits per heavy atom. The zero-order valence-corrected chi connectivity index (χ0v) is 9.85. The molecule has 78 valence electrons. The Balaban J connectivity index is 3.29. The lowest BCUT2D eigenvalue weighted by Crippen LogP contribution is -2.22. The second kappa shape index (κ2) is 3.88. The molecule has 0 aliphatic heterocycles. The first-order valence-electron chi connectivity index (χ1n) is 4.04. The Bertz CT molecular complexity index is 440. The molecule has 0 unspecified atom stereocenters. The zero-order chi connectivity index (χ0) is 10.9. The van der Waals surface area contributed by atoms with Crippen molar-refractivity contribution in [1.29, 1.82) is 0 Å². The lowest BCUT2D eigenvalue weighted by molar-refractivity contribution is 0.521. The molecule has 0 N–H and O–H groups in total. The lowest BCUT2D eigenvalue weighted by atomic mass is 10.2. The minimum atomic E-state index is -3.37. The van der Waals surface area contributed by atoms with E-state index in [2.05, 4.69) is 0 Å². The Labute approximate surface area is 89.4 Å². The number of aryl methyl sites for hydroxylation is 1. The molecule has 0 atom stereocenters. The van der Waals surface area contributed by atoms with E-state index < -0.39 is 10.0 Å². The molecule has 0 heterocycles. The van der Waals surface area contributed by atoms with E-state index in [4.69, 9.17) is 11.6 Å². The summed E-state index contributed by atoms with van der Waals surface area (Å²) in [6, 6.07) is 4.71. The van der Waals surface area contributed by atoms with E-state index >= 15 is 0 Å². The molecular weight excluding hydrogens is 222 g/mol.